The molecule has 1 aliphatic heterocycles. The molecule has 5 heteroatoms. The van der Waals surface area contributed by atoms with Gasteiger partial charge in [0.15, 0.2) is 0 Å². The lowest BCUT2D eigenvalue weighted by molar-refractivity contribution is -0.126. The molecule has 1 atom stereocenters. The van der Waals surface area contributed by atoms with Gasteiger partial charge in [-0.15, -0.1) is 0 Å². The maximum absolute atomic E-state index is 12.4. The van der Waals surface area contributed by atoms with Gasteiger partial charge < -0.3 is 10.2 Å². The Hall–Kier alpha value is -1.36. The van der Waals surface area contributed by atoms with Crippen LogP contribution in [0.2, 0.25) is 0 Å². The SMILES string of the molecule is CC(=O)N[C@H]1C(=O)N(CCCBr)c2ccc(C)cc21. The molecule has 0 aliphatic carbocycles. The summed E-state index contributed by atoms with van der Waals surface area (Å²) in [6.45, 7) is 4.08. The minimum atomic E-state index is -0.539. The lowest BCUT2D eigenvalue weighted by atomic mass is 10.1. The number of fused-ring (bicyclic) bond motifs is 1. The number of halogens is 1. The van der Waals surface area contributed by atoms with Crippen LogP contribution in [0.4, 0.5) is 5.69 Å². The van der Waals surface area contributed by atoms with E-state index in [4.69, 9.17) is 0 Å². The van der Waals surface area contributed by atoms with Gasteiger partial charge in [0.25, 0.3) is 5.91 Å². The lowest BCUT2D eigenvalue weighted by Crippen LogP contribution is -2.37. The Balaban J connectivity index is 2.36. The fourth-order valence-corrected chi connectivity index (χ4v) is 2.60. The second kappa shape index (κ2) is 5.74. The molecule has 2 rings (SSSR count). The molecule has 1 N–H and O–H groups in total. The standard InChI is InChI=1S/C14H17BrN2O2/c1-9-4-5-12-11(8-9)13(16-10(2)18)14(19)17(12)7-3-6-15/h4-5,8,13H,3,6-7H2,1-2H3,(H,16,18)/t13-/m1/s1. The van der Waals surface area contributed by atoms with Crippen molar-refractivity contribution in [3.63, 3.8) is 0 Å². The van der Waals surface area contributed by atoms with E-state index in [2.05, 4.69) is 21.2 Å². The Bertz CT molecular complexity index is 516. The summed E-state index contributed by atoms with van der Waals surface area (Å²) in [5.41, 5.74) is 2.90. The number of nitrogens with zero attached hydrogens (tertiary/aromatic N) is 1. The van der Waals surface area contributed by atoms with E-state index in [1.54, 1.807) is 4.90 Å². The van der Waals surface area contributed by atoms with Crippen LogP contribution in [0.1, 0.15) is 30.5 Å². The van der Waals surface area contributed by atoms with Gasteiger partial charge in [0, 0.05) is 30.0 Å². The van der Waals surface area contributed by atoms with E-state index < -0.39 is 6.04 Å². The van der Waals surface area contributed by atoms with Gasteiger partial charge in [-0.1, -0.05) is 33.6 Å². The molecule has 0 aromatic heterocycles. The van der Waals surface area contributed by atoms with Gasteiger partial charge in [0.2, 0.25) is 5.91 Å². The maximum atomic E-state index is 12.4. The highest BCUT2D eigenvalue weighted by Crippen LogP contribution is 2.36. The van der Waals surface area contributed by atoms with Gasteiger partial charge in [0.1, 0.15) is 6.04 Å². The van der Waals surface area contributed by atoms with Gasteiger partial charge in [-0.3, -0.25) is 9.59 Å². The zero-order valence-corrected chi connectivity index (χ0v) is 12.7. The van der Waals surface area contributed by atoms with Crippen molar-refractivity contribution < 1.29 is 9.59 Å². The van der Waals surface area contributed by atoms with Crippen LogP contribution in [0.15, 0.2) is 18.2 Å². The predicted octanol–water partition coefficient (Wildman–Crippen LogP) is 2.30. The predicted molar refractivity (Wildman–Crippen MR) is 78.5 cm³/mol. The first-order chi connectivity index (χ1) is 9.04. The summed E-state index contributed by atoms with van der Waals surface area (Å²) in [6.07, 6.45) is 0.881. The number of rotatable bonds is 4. The summed E-state index contributed by atoms with van der Waals surface area (Å²) in [7, 11) is 0. The number of amides is 2. The third-order valence-corrected chi connectivity index (χ3v) is 3.72. The molecule has 1 aliphatic rings. The number of benzene rings is 1. The van der Waals surface area contributed by atoms with Crippen LogP contribution in [-0.4, -0.2) is 23.7 Å². The van der Waals surface area contributed by atoms with Crippen molar-refractivity contribution in [2.45, 2.75) is 26.3 Å². The van der Waals surface area contributed by atoms with E-state index in [9.17, 15) is 9.59 Å². The summed E-state index contributed by atoms with van der Waals surface area (Å²) in [6, 6.07) is 5.38. The van der Waals surface area contributed by atoms with Crippen LogP contribution < -0.4 is 10.2 Å². The normalized spacial score (nSPS) is 17.5. The van der Waals surface area contributed by atoms with E-state index >= 15 is 0 Å². The Labute approximate surface area is 121 Å². The molecule has 0 saturated carbocycles. The molecule has 4 nitrogen and oxygen atoms in total. The van der Waals surface area contributed by atoms with Crippen LogP contribution in [0.25, 0.3) is 0 Å². The first-order valence-corrected chi connectivity index (χ1v) is 7.41. The molecular weight excluding hydrogens is 308 g/mol. The number of aryl methyl sites for hydroxylation is 1. The van der Waals surface area contributed by atoms with Crippen LogP contribution in [-0.2, 0) is 9.59 Å². The first kappa shape index (κ1) is 14.1. The number of anilines is 1. The Morgan fingerprint density at radius 1 is 1.47 bits per heavy atom. The third kappa shape index (κ3) is 2.81. The minimum Gasteiger partial charge on any atom is -0.341 e. The molecule has 0 fully saturated rings. The Morgan fingerprint density at radius 3 is 2.84 bits per heavy atom. The number of hydrogen-bond donors (Lipinski definition) is 1. The first-order valence-electron chi connectivity index (χ1n) is 6.29. The Kier molecular flexibility index (Phi) is 4.24. The van der Waals surface area contributed by atoms with E-state index in [1.165, 1.54) is 6.92 Å². The molecule has 1 aromatic carbocycles. The maximum Gasteiger partial charge on any atom is 0.254 e. The summed E-state index contributed by atoms with van der Waals surface area (Å²) in [5, 5.41) is 3.59. The van der Waals surface area contributed by atoms with Crippen molar-refractivity contribution in [1.29, 1.82) is 0 Å². The highest BCUT2D eigenvalue weighted by atomic mass is 79.9. The molecule has 2 amide bonds. The number of carbonyl (C=O) groups excluding carboxylic acids is 2. The molecule has 1 heterocycles. The zero-order valence-electron chi connectivity index (χ0n) is 11.1. The smallest absolute Gasteiger partial charge is 0.254 e. The molecule has 0 unspecified atom stereocenters. The third-order valence-electron chi connectivity index (χ3n) is 3.16. The minimum absolute atomic E-state index is 0.0447. The number of nitrogens with one attached hydrogen (secondary N) is 1. The van der Waals surface area contributed by atoms with Crippen molar-refractivity contribution in [2.75, 3.05) is 16.8 Å². The summed E-state index contributed by atoms with van der Waals surface area (Å²) in [5.74, 6) is -0.232. The van der Waals surface area contributed by atoms with Crippen molar-refractivity contribution in [1.82, 2.24) is 5.32 Å². The van der Waals surface area contributed by atoms with Crippen molar-refractivity contribution in [3.05, 3.63) is 29.3 Å². The Morgan fingerprint density at radius 2 is 2.21 bits per heavy atom. The largest absolute Gasteiger partial charge is 0.341 e. The molecule has 0 bridgehead atoms. The molecular formula is C14H17BrN2O2. The quantitative estimate of drug-likeness (QED) is 0.864. The van der Waals surface area contributed by atoms with Crippen molar-refractivity contribution >= 4 is 33.4 Å². The van der Waals surface area contributed by atoms with Crippen LogP contribution in [0, 0.1) is 6.92 Å². The average molecular weight is 325 g/mol. The van der Waals surface area contributed by atoms with Gasteiger partial charge >= 0.3 is 0 Å². The highest BCUT2D eigenvalue weighted by molar-refractivity contribution is 9.09. The van der Waals surface area contributed by atoms with E-state index in [1.807, 2.05) is 25.1 Å². The topological polar surface area (TPSA) is 49.4 Å². The summed E-state index contributed by atoms with van der Waals surface area (Å²) in [4.78, 5) is 25.4. The molecule has 1 aromatic rings. The van der Waals surface area contributed by atoms with E-state index in [0.29, 0.717) is 6.54 Å². The number of alkyl halides is 1. The van der Waals surface area contributed by atoms with Gasteiger partial charge in [-0.05, 0) is 19.4 Å². The van der Waals surface area contributed by atoms with Crippen LogP contribution in [0.5, 0.6) is 0 Å². The summed E-state index contributed by atoms with van der Waals surface area (Å²) < 4.78 is 0. The van der Waals surface area contributed by atoms with Crippen LogP contribution in [0.3, 0.4) is 0 Å². The second-order valence-electron chi connectivity index (χ2n) is 4.73. The van der Waals surface area contributed by atoms with Crippen molar-refractivity contribution in [2.24, 2.45) is 0 Å². The second-order valence-corrected chi connectivity index (χ2v) is 5.52. The monoisotopic (exact) mass is 324 g/mol. The van der Waals surface area contributed by atoms with Gasteiger partial charge in [-0.25, -0.2) is 0 Å². The zero-order chi connectivity index (χ0) is 14.0. The lowest BCUT2D eigenvalue weighted by Gasteiger charge is -2.17. The molecule has 0 saturated heterocycles. The molecule has 0 spiro atoms. The fraction of sp³-hybridized carbons (Fsp3) is 0.429. The molecule has 0 radical (unpaired) electrons. The van der Waals surface area contributed by atoms with E-state index in [-0.39, 0.29) is 11.8 Å². The number of hydrogen-bond acceptors (Lipinski definition) is 2. The van der Waals surface area contributed by atoms with E-state index in [0.717, 1.165) is 28.6 Å². The van der Waals surface area contributed by atoms with Gasteiger partial charge in [0.05, 0.1) is 0 Å². The van der Waals surface area contributed by atoms with Crippen molar-refractivity contribution in [3.8, 4) is 0 Å². The fourth-order valence-electron chi connectivity index (χ4n) is 2.35. The van der Waals surface area contributed by atoms with Gasteiger partial charge in [-0.2, -0.15) is 0 Å². The number of carbonyl (C=O) groups is 2. The summed E-state index contributed by atoms with van der Waals surface area (Å²) >= 11 is 3.38. The average Bonchev–Trinajstić information content (AvgIpc) is 2.60. The molecule has 102 valence electrons. The van der Waals surface area contributed by atoms with Crippen LogP contribution >= 0.6 is 15.9 Å². The molecule has 19 heavy (non-hydrogen) atoms. The highest BCUT2D eigenvalue weighted by Gasteiger charge is 2.37.